The molecule has 4 nitrogen and oxygen atoms in total. The van der Waals surface area contributed by atoms with Crippen molar-refractivity contribution >= 4 is 5.97 Å². The molecule has 4 aromatic rings. The van der Waals surface area contributed by atoms with Crippen molar-refractivity contribution in [2.75, 3.05) is 0 Å². The number of carboxylic acids is 1. The molecule has 0 aliphatic carbocycles. The Morgan fingerprint density at radius 3 is 2.00 bits per heavy atom. The topological polar surface area (TPSA) is 66.0 Å². The number of nitriles is 1. The molecule has 4 heteroatoms. The smallest absolute Gasteiger partial charge is 0.335 e. The average Bonchev–Trinajstić information content (AvgIpc) is 3.19. The van der Waals surface area contributed by atoms with Crippen LogP contribution in [0.2, 0.25) is 0 Å². The van der Waals surface area contributed by atoms with E-state index in [2.05, 4.69) is 18.2 Å². The molecule has 0 atom stereocenters. The van der Waals surface area contributed by atoms with Gasteiger partial charge < -0.3 is 9.67 Å². The molecule has 3 aromatic carbocycles. The molecule has 0 spiro atoms. The van der Waals surface area contributed by atoms with Crippen LogP contribution in [0.15, 0.2) is 91.3 Å². The van der Waals surface area contributed by atoms with Crippen LogP contribution in [-0.2, 0) is 0 Å². The highest BCUT2D eigenvalue weighted by Crippen LogP contribution is 2.29. The minimum atomic E-state index is -0.962. The van der Waals surface area contributed by atoms with Crippen molar-refractivity contribution in [3.63, 3.8) is 0 Å². The normalized spacial score (nSPS) is 10.4. The Labute approximate surface area is 162 Å². The molecular formula is C24H16N2O2. The zero-order chi connectivity index (χ0) is 19.5. The van der Waals surface area contributed by atoms with Crippen molar-refractivity contribution in [3.05, 3.63) is 102 Å². The van der Waals surface area contributed by atoms with Crippen LogP contribution in [0.5, 0.6) is 0 Å². The third-order valence-corrected chi connectivity index (χ3v) is 4.66. The van der Waals surface area contributed by atoms with Crippen molar-refractivity contribution in [3.8, 4) is 34.0 Å². The largest absolute Gasteiger partial charge is 0.478 e. The van der Waals surface area contributed by atoms with Gasteiger partial charge in [-0.1, -0.05) is 54.6 Å². The number of carbonyl (C=O) groups is 1. The Kier molecular flexibility index (Phi) is 4.49. The quantitative estimate of drug-likeness (QED) is 0.528. The molecular weight excluding hydrogens is 348 g/mol. The summed E-state index contributed by atoms with van der Waals surface area (Å²) < 4.78 is 1.84. The van der Waals surface area contributed by atoms with Crippen molar-refractivity contribution in [1.29, 1.82) is 5.26 Å². The number of aromatic nitrogens is 1. The van der Waals surface area contributed by atoms with Crippen LogP contribution in [0, 0.1) is 11.3 Å². The Morgan fingerprint density at radius 1 is 0.786 bits per heavy atom. The fraction of sp³-hybridized carbons (Fsp3) is 0. The van der Waals surface area contributed by atoms with Gasteiger partial charge in [0.25, 0.3) is 0 Å². The van der Waals surface area contributed by atoms with E-state index in [0.717, 1.165) is 27.9 Å². The minimum Gasteiger partial charge on any atom is -0.478 e. The van der Waals surface area contributed by atoms with Crippen LogP contribution >= 0.6 is 0 Å². The molecule has 0 bridgehead atoms. The van der Waals surface area contributed by atoms with E-state index in [0.29, 0.717) is 5.56 Å². The lowest BCUT2D eigenvalue weighted by molar-refractivity contribution is 0.0697. The molecule has 0 amide bonds. The maximum atomic E-state index is 11.0. The van der Waals surface area contributed by atoms with Crippen molar-refractivity contribution in [1.82, 2.24) is 4.57 Å². The van der Waals surface area contributed by atoms with Gasteiger partial charge in [-0.15, -0.1) is 0 Å². The number of hydrogen-bond acceptors (Lipinski definition) is 2. The summed E-state index contributed by atoms with van der Waals surface area (Å²) in [6.07, 6.45) is 3.65. The summed E-state index contributed by atoms with van der Waals surface area (Å²) in [7, 11) is 0. The molecule has 0 unspecified atom stereocenters. The standard InChI is InChI=1S/C24H16N2O2/c25-14-21-15-26(22-12-10-20(11-13-22)24(27)28)16-23(21)19-8-6-18(7-9-19)17-4-2-1-3-5-17/h1-13,15-16H,(H,27,28). The van der Waals surface area contributed by atoms with Gasteiger partial charge in [0, 0.05) is 23.6 Å². The van der Waals surface area contributed by atoms with Gasteiger partial charge in [-0.05, 0) is 41.0 Å². The molecule has 0 aliphatic rings. The number of benzene rings is 3. The van der Waals surface area contributed by atoms with Gasteiger partial charge in [0.1, 0.15) is 6.07 Å². The predicted octanol–water partition coefficient (Wildman–Crippen LogP) is 5.38. The summed E-state index contributed by atoms with van der Waals surface area (Å²) in [6.45, 7) is 0. The second-order valence-corrected chi connectivity index (χ2v) is 6.40. The van der Waals surface area contributed by atoms with Crippen molar-refractivity contribution in [2.45, 2.75) is 0 Å². The van der Waals surface area contributed by atoms with Crippen molar-refractivity contribution < 1.29 is 9.90 Å². The molecule has 4 rings (SSSR count). The highest BCUT2D eigenvalue weighted by atomic mass is 16.4. The minimum absolute atomic E-state index is 0.230. The predicted molar refractivity (Wildman–Crippen MR) is 108 cm³/mol. The van der Waals surface area contributed by atoms with Crippen LogP contribution in [0.3, 0.4) is 0 Å². The lowest BCUT2D eigenvalue weighted by Crippen LogP contribution is -1.97. The first-order chi connectivity index (χ1) is 13.7. The fourth-order valence-electron chi connectivity index (χ4n) is 3.17. The first kappa shape index (κ1) is 17.3. The zero-order valence-corrected chi connectivity index (χ0v) is 14.9. The van der Waals surface area contributed by atoms with E-state index in [4.69, 9.17) is 5.11 Å². The lowest BCUT2D eigenvalue weighted by atomic mass is 10.0. The van der Waals surface area contributed by atoms with Gasteiger partial charge in [0.05, 0.1) is 11.1 Å². The third kappa shape index (κ3) is 3.29. The van der Waals surface area contributed by atoms with E-state index in [-0.39, 0.29) is 5.56 Å². The van der Waals surface area contributed by atoms with E-state index in [1.165, 1.54) is 0 Å². The Morgan fingerprint density at radius 2 is 1.39 bits per heavy atom. The fourth-order valence-corrected chi connectivity index (χ4v) is 3.17. The molecule has 0 saturated heterocycles. The number of aromatic carboxylic acids is 1. The Bertz CT molecular complexity index is 1170. The number of carboxylic acid groups (broad SMARTS) is 1. The second-order valence-electron chi connectivity index (χ2n) is 6.40. The molecule has 0 radical (unpaired) electrons. The first-order valence-electron chi connectivity index (χ1n) is 8.77. The Balaban J connectivity index is 1.69. The van der Waals surface area contributed by atoms with Gasteiger partial charge >= 0.3 is 5.97 Å². The molecule has 28 heavy (non-hydrogen) atoms. The van der Waals surface area contributed by atoms with Crippen LogP contribution in [0.25, 0.3) is 27.9 Å². The summed E-state index contributed by atoms with van der Waals surface area (Å²) in [4.78, 5) is 11.0. The van der Waals surface area contributed by atoms with Gasteiger partial charge in [-0.2, -0.15) is 5.26 Å². The van der Waals surface area contributed by atoms with Crippen LogP contribution < -0.4 is 0 Å². The number of rotatable bonds is 4. The second kappa shape index (κ2) is 7.26. The molecule has 0 aliphatic heterocycles. The summed E-state index contributed by atoms with van der Waals surface area (Å²) in [5, 5.41) is 18.6. The average molecular weight is 364 g/mol. The van der Waals surface area contributed by atoms with Gasteiger partial charge in [0.15, 0.2) is 0 Å². The molecule has 0 fully saturated rings. The van der Waals surface area contributed by atoms with E-state index in [9.17, 15) is 10.1 Å². The Hall–Kier alpha value is -4.10. The molecule has 1 N–H and O–H groups in total. The molecule has 0 saturated carbocycles. The van der Waals surface area contributed by atoms with E-state index < -0.39 is 5.97 Å². The number of nitrogens with zero attached hydrogens (tertiary/aromatic N) is 2. The monoisotopic (exact) mass is 364 g/mol. The van der Waals surface area contributed by atoms with E-state index >= 15 is 0 Å². The lowest BCUT2D eigenvalue weighted by Gasteiger charge is -2.05. The van der Waals surface area contributed by atoms with Crippen LogP contribution in [0.4, 0.5) is 0 Å². The van der Waals surface area contributed by atoms with E-state index in [1.54, 1.807) is 30.5 Å². The van der Waals surface area contributed by atoms with Crippen LogP contribution in [0.1, 0.15) is 15.9 Å². The van der Waals surface area contributed by atoms with Gasteiger partial charge in [0.2, 0.25) is 0 Å². The summed E-state index contributed by atoms with van der Waals surface area (Å²) in [6, 6.07) is 27.1. The molecule has 1 aromatic heterocycles. The van der Waals surface area contributed by atoms with E-state index in [1.807, 2.05) is 53.2 Å². The summed E-state index contributed by atoms with van der Waals surface area (Å²) in [5.74, 6) is -0.962. The van der Waals surface area contributed by atoms with Gasteiger partial charge in [-0.25, -0.2) is 4.79 Å². The van der Waals surface area contributed by atoms with Crippen LogP contribution in [-0.4, -0.2) is 15.6 Å². The number of hydrogen-bond donors (Lipinski definition) is 1. The highest BCUT2D eigenvalue weighted by molar-refractivity contribution is 5.87. The zero-order valence-electron chi connectivity index (χ0n) is 14.9. The van der Waals surface area contributed by atoms with Crippen molar-refractivity contribution in [2.24, 2.45) is 0 Å². The maximum absolute atomic E-state index is 11.0. The highest BCUT2D eigenvalue weighted by Gasteiger charge is 2.11. The SMILES string of the molecule is N#Cc1cn(-c2ccc(C(=O)O)cc2)cc1-c1ccc(-c2ccccc2)cc1. The third-order valence-electron chi connectivity index (χ3n) is 4.66. The van der Waals surface area contributed by atoms with Gasteiger partial charge in [-0.3, -0.25) is 0 Å². The molecule has 1 heterocycles. The molecule has 134 valence electrons. The first-order valence-corrected chi connectivity index (χ1v) is 8.77. The summed E-state index contributed by atoms with van der Waals surface area (Å²) >= 11 is 0. The summed E-state index contributed by atoms with van der Waals surface area (Å²) in [5.41, 5.74) is 5.65. The maximum Gasteiger partial charge on any atom is 0.335 e.